The van der Waals surface area contributed by atoms with Crippen LogP contribution in [0, 0.1) is 0 Å². The van der Waals surface area contributed by atoms with E-state index in [9.17, 15) is 0 Å². The molecule has 2 aromatic heterocycles. The summed E-state index contributed by atoms with van der Waals surface area (Å²) in [4.78, 5) is 0. The van der Waals surface area contributed by atoms with Gasteiger partial charge in [-0.15, -0.1) is 0 Å². The smallest absolute Gasteiger partial charge is 0.0620 e. The van der Waals surface area contributed by atoms with E-state index in [1.165, 1.54) is 105 Å². The van der Waals surface area contributed by atoms with Crippen LogP contribution in [0.4, 0.5) is 0 Å². The van der Waals surface area contributed by atoms with Crippen LogP contribution in [0.1, 0.15) is 0 Å². The summed E-state index contributed by atoms with van der Waals surface area (Å²) in [5.74, 6) is 0. The fraction of sp³-hybridized carbons (Fsp3) is 0. The van der Waals surface area contributed by atoms with Gasteiger partial charge in [0.15, 0.2) is 0 Å². The van der Waals surface area contributed by atoms with Crippen molar-refractivity contribution in [3.63, 3.8) is 0 Å². The summed E-state index contributed by atoms with van der Waals surface area (Å²) >= 11 is 0. The SMILES string of the molecule is c1ccc(-c2cccc(-c3cccc(-c4ccc(-c5cccc(-c6cccc(-c7ccc8c(c7)c7cccc9c%10ccccc%10n8c97)c6)c5)cc4)c3)c2)cc1. The molecule has 2 heterocycles. The Morgan fingerprint density at radius 2 is 0.527 bits per heavy atom. The molecule has 0 bridgehead atoms. The number of fused-ring (bicyclic) bond motifs is 6. The first-order valence-electron chi connectivity index (χ1n) is 19.0. The van der Waals surface area contributed by atoms with Crippen molar-refractivity contribution in [2.75, 3.05) is 0 Å². The van der Waals surface area contributed by atoms with Gasteiger partial charge in [0.25, 0.3) is 0 Å². The van der Waals surface area contributed by atoms with E-state index < -0.39 is 0 Å². The van der Waals surface area contributed by atoms with E-state index in [1.807, 2.05) is 0 Å². The summed E-state index contributed by atoms with van der Waals surface area (Å²) in [6.07, 6.45) is 0. The standard InChI is InChI=1S/C54H35N/c1-2-11-36(12-3-1)39-13-6-16-42(31-39)43-17-7-14-40(32-43)37-25-27-38(28-26-37)41-15-8-18-44(33-41)45-19-9-20-46(34-45)47-29-30-53-51(35-47)50-23-10-22-49-48-21-4-5-24-52(48)55(53)54(49)50/h1-35H. The van der Waals surface area contributed by atoms with Crippen molar-refractivity contribution in [2.24, 2.45) is 0 Å². The molecule has 0 atom stereocenters. The molecular weight excluding hydrogens is 663 g/mol. The second-order valence-corrected chi connectivity index (χ2v) is 14.6. The predicted octanol–water partition coefficient (Wildman–Crippen LogP) is 14.8. The van der Waals surface area contributed by atoms with Gasteiger partial charge < -0.3 is 4.40 Å². The van der Waals surface area contributed by atoms with Crippen LogP contribution in [0.25, 0.3) is 105 Å². The Morgan fingerprint density at radius 3 is 1.05 bits per heavy atom. The molecule has 0 fully saturated rings. The summed E-state index contributed by atoms with van der Waals surface area (Å²) in [5.41, 5.74) is 18.4. The van der Waals surface area contributed by atoms with Crippen molar-refractivity contribution in [1.82, 2.24) is 4.40 Å². The normalized spacial score (nSPS) is 11.6. The van der Waals surface area contributed by atoms with E-state index >= 15 is 0 Å². The molecule has 0 saturated heterocycles. The van der Waals surface area contributed by atoms with Gasteiger partial charge >= 0.3 is 0 Å². The first-order chi connectivity index (χ1) is 27.2. The lowest BCUT2D eigenvalue weighted by atomic mass is 9.94. The number of para-hydroxylation sites is 2. The lowest BCUT2D eigenvalue weighted by molar-refractivity contribution is 1.37. The van der Waals surface area contributed by atoms with Gasteiger partial charge in [-0.25, -0.2) is 0 Å². The molecule has 0 radical (unpaired) electrons. The van der Waals surface area contributed by atoms with Crippen molar-refractivity contribution in [1.29, 1.82) is 0 Å². The molecule has 0 saturated carbocycles. The molecule has 11 rings (SSSR count). The van der Waals surface area contributed by atoms with Crippen molar-refractivity contribution >= 4 is 38.1 Å². The van der Waals surface area contributed by atoms with Crippen LogP contribution < -0.4 is 0 Å². The maximum Gasteiger partial charge on any atom is 0.0620 e. The van der Waals surface area contributed by atoms with Gasteiger partial charge in [-0.2, -0.15) is 0 Å². The van der Waals surface area contributed by atoms with E-state index in [0.29, 0.717) is 0 Å². The van der Waals surface area contributed by atoms with Crippen molar-refractivity contribution in [3.05, 3.63) is 212 Å². The highest BCUT2D eigenvalue weighted by Gasteiger charge is 2.17. The third kappa shape index (κ3) is 5.32. The van der Waals surface area contributed by atoms with E-state index in [0.717, 1.165) is 0 Å². The van der Waals surface area contributed by atoms with Crippen LogP contribution in [-0.4, -0.2) is 4.40 Å². The molecule has 0 aliphatic carbocycles. The molecule has 0 spiro atoms. The summed E-state index contributed by atoms with van der Waals surface area (Å²) in [5, 5.41) is 5.23. The monoisotopic (exact) mass is 697 g/mol. The molecule has 0 aliphatic rings. The minimum atomic E-state index is 1.21. The Labute approximate surface area is 320 Å². The Balaban J connectivity index is 0.885. The highest BCUT2D eigenvalue weighted by atomic mass is 14.9. The average molecular weight is 698 g/mol. The maximum atomic E-state index is 2.44. The van der Waals surface area contributed by atoms with Crippen molar-refractivity contribution in [2.45, 2.75) is 0 Å². The van der Waals surface area contributed by atoms with Crippen LogP contribution in [0.5, 0.6) is 0 Å². The highest BCUT2D eigenvalue weighted by molar-refractivity contribution is 6.23. The second kappa shape index (κ2) is 12.7. The van der Waals surface area contributed by atoms with E-state index in [4.69, 9.17) is 0 Å². The quantitative estimate of drug-likeness (QED) is 0.163. The van der Waals surface area contributed by atoms with Crippen LogP contribution in [0.15, 0.2) is 212 Å². The minimum absolute atomic E-state index is 1.21. The van der Waals surface area contributed by atoms with E-state index in [2.05, 4.69) is 217 Å². The van der Waals surface area contributed by atoms with Crippen molar-refractivity contribution < 1.29 is 0 Å². The van der Waals surface area contributed by atoms with Gasteiger partial charge in [-0.1, -0.05) is 170 Å². The van der Waals surface area contributed by atoms with Gasteiger partial charge in [0.05, 0.1) is 16.6 Å². The van der Waals surface area contributed by atoms with Crippen LogP contribution in [0.3, 0.4) is 0 Å². The predicted molar refractivity (Wildman–Crippen MR) is 234 cm³/mol. The average Bonchev–Trinajstić information content (AvgIpc) is 3.79. The fourth-order valence-corrected chi connectivity index (χ4v) is 8.61. The number of aromatic nitrogens is 1. The molecule has 55 heavy (non-hydrogen) atoms. The fourth-order valence-electron chi connectivity index (χ4n) is 8.61. The Hall–Kier alpha value is -7.22. The van der Waals surface area contributed by atoms with E-state index in [1.54, 1.807) is 0 Å². The third-order valence-electron chi connectivity index (χ3n) is 11.3. The Kier molecular flexibility index (Phi) is 7.25. The molecule has 0 unspecified atom stereocenters. The number of benzene rings is 9. The number of nitrogens with zero attached hydrogens (tertiary/aromatic N) is 1. The summed E-state index contributed by atoms with van der Waals surface area (Å²) in [6.45, 7) is 0. The van der Waals surface area contributed by atoms with E-state index in [-0.39, 0.29) is 0 Å². The largest absolute Gasteiger partial charge is 0.308 e. The maximum absolute atomic E-state index is 2.44. The summed E-state index contributed by atoms with van der Waals surface area (Å²) in [6, 6.07) is 77.5. The molecular formula is C54H35N. The Bertz CT molecular complexity index is 3180. The van der Waals surface area contributed by atoms with Crippen LogP contribution in [0.2, 0.25) is 0 Å². The molecule has 9 aromatic carbocycles. The van der Waals surface area contributed by atoms with Gasteiger partial charge in [-0.3, -0.25) is 0 Å². The lowest BCUT2D eigenvalue weighted by Crippen LogP contribution is -1.85. The van der Waals surface area contributed by atoms with Gasteiger partial charge in [-0.05, 0) is 109 Å². The molecule has 0 aliphatic heterocycles. The molecule has 1 nitrogen and oxygen atoms in total. The first-order valence-corrected chi connectivity index (χ1v) is 19.0. The van der Waals surface area contributed by atoms with Gasteiger partial charge in [0.1, 0.15) is 0 Å². The van der Waals surface area contributed by atoms with Gasteiger partial charge in [0, 0.05) is 21.5 Å². The first kappa shape index (κ1) is 31.3. The molecule has 1 heteroatoms. The zero-order valence-electron chi connectivity index (χ0n) is 30.2. The van der Waals surface area contributed by atoms with Crippen molar-refractivity contribution in [3.8, 4) is 66.8 Å². The zero-order chi connectivity index (χ0) is 36.3. The molecule has 256 valence electrons. The lowest BCUT2D eigenvalue weighted by Gasteiger charge is -2.11. The topological polar surface area (TPSA) is 4.41 Å². The van der Waals surface area contributed by atoms with Crippen LogP contribution in [-0.2, 0) is 0 Å². The number of hydrogen-bond acceptors (Lipinski definition) is 0. The Morgan fingerprint density at radius 1 is 0.200 bits per heavy atom. The van der Waals surface area contributed by atoms with Crippen LogP contribution >= 0.6 is 0 Å². The third-order valence-corrected chi connectivity index (χ3v) is 11.3. The number of rotatable bonds is 6. The number of hydrogen-bond donors (Lipinski definition) is 0. The molecule has 11 aromatic rings. The highest BCUT2D eigenvalue weighted by Crippen LogP contribution is 2.41. The summed E-state index contributed by atoms with van der Waals surface area (Å²) in [7, 11) is 0. The van der Waals surface area contributed by atoms with Gasteiger partial charge in [0.2, 0.25) is 0 Å². The summed E-state index contributed by atoms with van der Waals surface area (Å²) < 4.78 is 2.44. The zero-order valence-corrected chi connectivity index (χ0v) is 30.2. The molecule has 0 amide bonds. The minimum Gasteiger partial charge on any atom is -0.308 e. The second-order valence-electron chi connectivity index (χ2n) is 14.6. The molecule has 0 N–H and O–H groups in total.